The molecule has 4 nitrogen and oxygen atoms in total. The largest absolute Gasteiger partial charge is 0.388 e. The van der Waals surface area contributed by atoms with Gasteiger partial charge < -0.3 is 10.5 Å². The first-order valence-corrected chi connectivity index (χ1v) is 8.25. The number of amidine groups is 1. The van der Waals surface area contributed by atoms with E-state index in [-0.39, 0.29) is 11.4 Å². The Bertz CT molecular complexity index is 324. The van der Waals surface area contributed by atoms with Crippen LogP contribution in [0.5, 0.6) is 0 Å². The van der Waals surface area contributed by atoms with Crippen molar-refractivity contribution in [2.75, 3.05) is 13.1 Å². The summed E-state index contributed by atoms with van der Waals surface area (Å²) in [6, 6.07) is 0.487. The summed E-state index contributed by atoms with van der Waals surface area (Å²) < 4.78 is 6.45. The maximum absolute atomic E-state index is 7.39. The Labute approximate surface area is 123 Å². The van der Waals surface area contributed by atoms with E-state index in [0.717, 1.165) is 13.1 Å². The summed E-state index contributed by atoms with van der Waals surface area (Å²) in [5.41, 5.74) is 5.70. The lowest BCUT2D eigenvalue weighted by Gasteiger charge is -2.35. The molecule has 1 aliphatic carbocycles. The first-order chi connectivity index (χ1) is 9.51. The highest BCUT2D eigenvalue weighted by Crippen LogP contribution is 2.42. The minimum Gasteiger partial charge on any atom is -0.388 e. The summed E-state index contributed by atoms with van der Waals surface area (Å²) in [6.07, 6.45) is 10.1. The molecule has 2 aliphatic rings. The van der Waals surface area contributed by atoms with Crippen molar-refractivity contribution in [3.8, 4) is 0 Å². The van der Waals surface area contributed by atoms with Gasteiger partial charge in [-0.3, -0.25) is 10.3 Å². The number of nitrogens with one attached hydrogen (secondary N) is 1. The topological polar surface area (TPSA) is 62.3 Å². The van der Waals surface area contributed by atoms with Crippen LogP contribution in [0.1, 0.15) is 65.2 Å². The third kappa shape index (κ3) is 4.19. The van der Waals surface area contributed by atoms with Crippen LogP contribution in [0.2, 0.25) is 0 Å². The molecule has 4 heteroatoms. The van der Waals surface area contributed by atoms with E-state index in [1.807, 2.05) is 0 Å². The van der Waals surface area contributed by atoms with Crippen molar-refractivity contribution in [1.82, 2.24) is 4.90 Å². The maximum Gasteiger partial charge on any atom is 0.0918 e. The average Bonchev–Trinajstić information content (AvgIpc) is 2.77. The molecular formula is C16H31N3O. The Balaban J connectivity index is 1.83. The number of nitrogens with two attached hydrogens (primary N) is 1. The lowest BCUT2D eigenvalue weighted by atomic mass is 9.83. The van der Waals surface area contributed by atoms with E-state index in [4.69, 9.17) is 15.9 Å². The molecule has 1 unspecified atom stereocenters. The first-order valence-electron chi connectivity index (χ1n) is 8.25. The van der Waals surface area contributed by atoms with Gasteiger partial charge in [-0.15, -0.1) is 0 Å². The molecule has 0 aromatic rings. The number of ether oxygens (including phenoxy) is 1. The summed E-state index contributed by atoms with van der Waals surface area (Å²) >= 11 is 0. The summed E-state index contributed by atoms with van der Waals surface area (Å²) in [4.78, 5) is 2.41. The number of rotatable bonds is 6. The van der Waals surface area contributed by atoms with Gasteiger partial charge in [-0.2, -0.15) is 0 Å². The molecule has 1 heterocycles. The highest BCUT2D eigenvalue weighted by atomic mass is 16.5. The fourth-order valence-electron chi connectivity index (χ4n) is 3.67. The van der Waals surface area contributed by atoms with Gasteiger partial charge in [-0.05, 0) is 39.5 Å². The van der Waals surface area contributed by atoms with Crippen molar-refractivity contribution in [3.63, 3.8) is 0 Å². The van der Waals surface area contributed by atoms with Crippen molar-refractivity contribution in [1.29, 1.82) is 5.41 Å². The molecule has 2 rings (SSSR count). The third-order valence-electron chi connectivity index (χ3n) is 4.94. The van der Waals surface area contributed by atoms with Crippen LogP contribution in [0.3, 0.4) is 0 Å². The van der Waals surface area contributed by atoms with E-state index in [2.05, 4.69) is 18.7 Å². The first kappa shape index (κ1) is 15.8. The van der Waals surface area contributed by atoms with Crippen LogP contribution in [0.15, 0.2) is 0 Å². The van der Waals surface area contributed by atoms with Gasteiger partial charge in [0.25, 0.3) is 0 Å². The highest BCUT2D eigenvalue weighted by molar-refractivity contribution is 5.76. The summed E-state index contributed by atoms with van der Waals surface area (Å²) in [5, 5.41) is 7.39. The fraction of sp³-hybridized carbons (Fsp3) is 0.938. The van der Waals surface area contributed by atoms with Gasteiger partial charge in [-0.25, -0.2) is 0 Å². The molecule has 1 spiro atoms. The normalized spacial score (nSPS) is 25.7. The van der Waals surface area contributed by atoms with Crippen LogP contribution in [0.4, 0.5) is 0 Å². The summed E-state index contributed by atoms with van der Waals surface area (Å²) in [6.45, 7) is 6.30. The van der Waals surface area contributed by atoms with Gasteiger partial charge in [0.1, 0.15) is 0 Å². The second-order valence-electron chi connectivity index (χ2n) is 6.89. The molecule has 1 aliphatic heterocycles. The number of hydrogen-bond donors (Lipinski definition) is 2. The monoisotopic (exact) mass is 281 g/mol. The van der Waals surface area contributed by atoms with Crippen molar-refractivity contribution < 1.29 is 4.74 Å². The number of nitrogens with zero attached hydrogens (tertiary/aromatic N) is 1. The molecule has 0 aromatic carbocycles. The lowest BCUT2D eigenvalue weighted by molar-refractivity contribution is -0.0737. The molecule has 20 heavy (non-hydrogen) atoms. The molecule has 0 amide bonds. The second-order valence-corrected chi connectivity index (χ2v) is 6.89. The third-order valence-corrected chi connectivity index (χ3v) is 4.94. The predicted octanol–water partition coefficient (Wildman–Crippen LogP) is 2.90. The van der Waals surface area contributed by atoms with Crippen LogP contribution in [0, 0.1) is 5.41 Å². The zero-order valence-electron chi connectivity index (χ0n) is 13.2. The Hall–Kier alpha value is -0.610. The van der Waals surface area contributed by atoms with E-state index in [9.17, 15) is 0 Å². The fourth-order valence-corrected chi connectivity index (χ4v) is 3.67. The van der Waals surface area contributed by atoms with Gasteiger partial charge in [0.2, 0.25) is 0 Å². The van der Waals surface area contributed by atoms with Gasteiger partial charge in [0.15, 0.2) is 0 Å². The zero-order valence-corrected chi connectivity index (χ0v) is 13.2. The van der Waals surface area contributed by atoms with Crippen molar-refractivity contribution in [3.05, 3.63) is 0 Å². The molecule has 2 fully saturated rings. The molecule has 0 aromatic heterocycles. The van der Waals surface area contributed by atoms with E-state index in [1.54, 1.807) is 0 Å². The predicted molar refractivity (Wildman–Crippen MR) is 83.2 cm³/mol. The van der Waals surface area contributed by atoms with E-state index < -0.39 is 0 Å². The highest BCUT2D eigenvalue weighted by Gasteiger charge is 2.41. The van der Waals surface area contributed by atoms with Crippen LogP contribution in [-0.4, -0.2) is 41.6 Å². The molecular weight excluding hydrogens is 250 g/mol. The molecule has 1 saturated carbocycles. The standard InChI is InChI=1S/C16H31N3O/c1-13(2)19(11-7-15(17)18)12-14-6-10-16(20-14)8-4-3-5-9-16/h13-14H,3-12H2,1-2H3,(H3,17,18). The smallest absolute Gasteiger partial charge is 0.0918 e. The van der Waals surface area contributed by atoms with Crippen molar-refractivity contribution >= 4 is 5.84 Å². The summed E-state index contributed by atoms with van der Waals surface area (Å²) in [5.74, 6) is 0.284. The Kier molecular flexibility index (Phi) is 5.44. The Morgan fingerprint density at radius 2 is 2.00 bits per heavy atom. The van der Waals surface area contributed by atoms with Crippen LogP contribution in [-0.2, 0) is 4.74 Å². The van der Waals surface area contributed by atoms with Gasteiger partial charge in [0.05, 0.1) is 17.5 Å². The Morgan fingerprint density at radius 1 is 1.30 bits per heavy atom. The SMILES string of the molecule is CC(C)N(CCC(=N)N)CC1CCC2(CCCCC2)O1. The van der Waals surface area contributed by atoms with Crippen LogP contribution < -0.4 is 5.73 Å². The zero-order chi connectivity index (χ0) is 14.6. The number of hydrogen-bond acceptors (Lipinski definition) is 3. The Morgan fingerprint density at radius 3 is 2.60 bits per heavy atom. The van der Waals surface area contributed by atoms with Gasteiger partial charge in [-0.1, -0.05) is 19.3 Å². The minimum atomic E-state index is 0.214. The molecule has 1 saturated heterocycles. The second kappa shape index (κ2) is 6.90. The molecule has 0 bridgehead atoms. The quantitative estimate of drug-likeness (QED) is 0.581. The van der Waals surface area contributed by atoms with Crippen LogP contribution in [0.25, 0.3) is 0 Å². The molecule has 1 atom stereocenters. The van der Waals surface area contributed by atoms with E-state index in [0.29, 0.717) is 18.6 Å². The average molecular weight is 281 g/mol. The van der Waals surface area contributed by atoms with Crippen molar-refractivity contribution in [2.45, 2.75) is 83.0 Å². The minimum absolute atomic E-state index is 0.214. The maximum atomic E-state index is 7.39. The van der Waals surface area contributed by atoms with Gasteiger partial charge in [0, 0.05) is 25.6 Å². The lowest BCUT2D eigenvalue weighted by Crippen LogP contribution is -2.41. The molecule has 3 N–H and O–H groups in total. The van der Waals surface area contributed by atoms with Gasteiger partial charge >= 0.3 is 0 Å². The molecule has 116 valence electrons. The van der Waals surface area contributed by atoms with Crippen LogP contribution >= 0.6 is 0 Å². The van der Waals surface area contributed by atoms with Crippen molar-refractivity contribution in [2.24, 2.45) is 5.73 Å². The van der Waals surface area contributed by atoms with E-state index in [1.165, 1.54) is 44.9 Å². The molecule has 0 radical (unpaired) electrons. The summed E-state index contributed by atoms with van der Waals surface area (Å²) in [7, 11) is 0. The van der Waals surface area contributed by atoms with E-state index >= 15 is 0 Å².